The Morgan fingerprint density at radius 3 is 2.46 bits per heavy atom. The standard InChI is InChI=1S/C19H31N5O2/c1-4-15(5-2)18(25)23-11-9-22(10-12-23)17-7-6-8-24(19(17)26)16-13-20-21(3)14-16/h13-15,17H,4-12H2,1-3H3/t17-/m0/s1. The highest BCUT2D eigenvalue weighted by Gasteiger charge is 2.36. The zero-order chi connectivity index (χ0) is 18.7. The van der Waals surface area contributed by atoms with Gasteiger partial charge in [0.2, 0.25) is 11.8 Å². The summed E-state index contributed by atoms with van der Waals surface area (Å²) in [6, 6.07) is -0.0747. The van der Waals surface area contributed by atoms with Crippen LogP contribution in [0.15, 0.2) is 12.4 Å². The third-order valence-corrected chi connectivity index (χ3v) is 5.81. The van der Waals surface area contributed by atoms with E-state index in [4.69, 9.17) is 0 Å². The summed E-state index contributed by atoms with van der Waals surface area (Å²) in [5.74, 6) is 0.588. The van der Waals surface area contributed by atoms with Gasteiger partial charge in [-0.1, -0.05) is 13.8 Å². The van der Waals surface area contributed by atoms with Gasteiger partial charge in [-0.2, -0.15) is 5.10 Å². The molecule has 0 radical (unpaired) electrons. The third-order valence-electron chi connectivity index (χ3n) is 5.81. The molecule has 144 valence electrons. The lowest BCUT2D eigenvalue weighted by atomic mass is 10.00. The van der Waals surface area contributed by atoms with Gasteiger partial charge in [-0.05, 0) is 25.7 Å². The fourth-order valence-electron chi connectivity index (χ4n) is 4.15. The van der Waals surface area contributed by atoms with Gasteiger partial charge in [0, 0.05) is 51.9 Å². The maximum atomic E-state index is 13.0. The number of nitrogens with zero attached hydrogens (tertiary/aromatic N) is 5. The molecule has 0 spiro atoms. The average Bonchev–Trinajstić information content (AvgIpc) is 3.09. The van der Waals surface area contributed by atoms with Crippen LogP contribution in [-0.4, -0.2) is 70.2 Å². The summed E-state index contributed by atoms with van der Waals surface area (Å²) >= 11 is 0. The molecule has 0 unspecified atom stereocenters. The minimum Gasteiger partial charge on any atom is -0.340 e. The summed E-state index contributed by atoms with van der Waals surface area (Å²) < 4.78 is 1.73. The average molecular weight is 361 g/mol. The van der Waals surface area contributed by atoms with Gasteiger partial charge in [-0.15, -0.1) is 0 Å². The highest BCUT2D eigenvalue weighted by Crippen LogP contribution is 2.24. The minimum atomic E-state index is -0.0747. The number of hydrogen-bond donors (Lipinski definition) is 0. The van der Waals surface area contributed by atoms with Gasteiger partial charge in [0.15, 0.2) is 0 Å². The van der Waals surface area contributed by atoms with Gasteiger partial charge < -0.3 is 9.80 Å². The normalized spacial score (nSPS) is 22.3. The van der Waals surface area contributed by atoms with Gasteiger partial charge in [0.05, 0.1) is 17.9 Å². The maximum absolute atomic E-state index is 13.0. The van der Waals surface area contributed by atoms with Gasteiger partial charge in [-0.3, -0.25) is 19.2 Å². The molecule has 0 aromatic carbocycles. The number of aryl methyl sites for hydroxylation is 1. The second kappa shape index (κ2) is 8.20. The molecule has 2 aliphatic heterocycles. The summed E-state index contributed by atoms with van der Waals surface area (Å²) in [4.78, 5) is 31.7. The molecule has 3 rings (SSSR count). The first-order valence-electron chi connectivity index (χ1n) is 9.88. The molecule has 2 amide bonds. The van der Waals surface area contributed by atoms with Crippen molar-refractivity contribution in [3.05, 3.63) is 12.4 Å². The van der Waals surface area contributed by atoms with E-state index in [0.717, 1.165) is 64.1 Å². The van der Waals surface area contributed by atoms with E-state index in [1.54, 1.807) is 10.9 Å². The van der Waals surface area contributed by atoms with Crippen LogP contribution in [0.5, 0.6) is 0 Å². The lowest BCUT2D eigenvalue weighted by Gasteiger charge is -2.42. The first kappa shape index (κ1) is 18.9. The Labute approximate surface area is 155 Å². The summed E-state index contributed by atoms with van der Waals surface area (Å²) in [5, 5.41) is 4.19. The number of carbonyl (C=O) groups is 2. The number of anilines is 1. The van der Waals surface area contributed by atoms with Crippen LogP contribution in [0.1, 0.15) is 39.5 Å². The van der Waals surface area contributed by atoms with E-state index in [2.05, 4.69) is 23.8 Å². The third kappa shape index (κ3) is 3.77. The predicted octanol–water partition coefficient (Wildman–Crippen LogP) is 1.50. The summed E-state index contributed by atoms with van der Waals surface area (Å²) in [6.07, 6.45) is 7.35. The molecular weight excluding hydrogens is 330 g/mol. The van der Waals surface area contributed by atoms with Crippen molar-refractivity contribution < 1.29 is 9.59 Å². The first-order chi connectivity index (χ1) is 12.5. The zero-order valence-corrected chi connectivity index (χ0v) is 16.2. The molecule has 0 saturated carbocycles. The number of carbonyl (C=O) groups excluding carboxylic acids is 2. The monoisotopic (exact) mass is 361 g/mol. The quantitative estimate of drug-likeness (QED) is 0.797. The Morgan fingerprint density at radius 2 is 1.88 bits per heavy atom. The van der Waals surface area contributed by atoms with E-state index in [1.807, 2.05) is 23.0 Å². The molecule has 1 aromatic heterocycles. The number of piperazine rings is 1. The first-order valence-corrected chi connectivity index (χ1v) is 9.88. The van der Waals surface area contributed by atoms with Crippen molar-refractivity contribution in [3.8, 4) is 0 Å². The van der Waals surface area contributed by atoms with E-state index < -0.39 is 0 Å². The van der Waals surface area contributed by atoms with E-state index >= 15 is 0 Å². The van der Waals surface area contributed by atoms with Crippen molar-refractivity contribution in [3.63, 3.8) is 0 Å². The van der Waals surface area contributed by atoms with Gasteiger partial charge in [-0.25, -0.2) is 0 Å². The molecule has 1 atom stereocenters. The number of rotatable bonds is 5. The molecule has 2 fully saturated rings. The van der Waals surface area contributed by atoms with E-state index in [9.17, 15) is 9.59 Å². The maximum Gasteiger partial charge on any atom is 0.244 e. The molecular formula is C19H31N5O2. The molecule has 0 bridgehead atoms. The van der Waals surface area contributed by atoms with Crippen LogP contribution >= 0.6 is 0 Å². The van der Waals surface area contributed by atoms with Gasteiger partial charge in [0.25, 0.3) is 0 Å². The smallest absolute Gasteiger partial charge is 0.244 e. The number of aromatic nitrogens is 2. The topological polar surface area (TPSA) is 61.7 Å². The predicted molar refractivity (Wildman–Crippen MR) is 101 cm³/mol. The Hall–Kier alpha value is -1.89. The summed E-state index contributed by atoms with van der Waals surface area (Å²) in [5.41, 5.74) is 0.879. The lowest BCUT2D eigenvalue weighted by Crippen LogP contribution is -2.58. The number of hydrogen-bond acceptors (Lipinski definition) is 4. The lowest BCUT2D eigenvalue weighted by molar-refractivity contribution is -0.138. The van der Waals surface area contributed by atoms with Crippen molar-refractivity contribution in [1.29, 1.82) is 0 Å². The number of amides is 2. The van der Waals surface area contributed by atoms with Crippen LogP contribution in [0, 0.1) is 5.92 Å². The minimum absolute atomic E-state index is 0.0747. The van der Waals surface area contributed by atoms with Crippen LogP contribution in [0.3, 0.4) is 0 Å². The molecule has 0 aliphatic carbocycles. The fourth-order valence-corrected chi connectivity index (χ4v) is 4.15. The van der Waals surface area contributed by atoms with Crippen molar-refractivity contribution in [2.75, 3.05) is 37.6 Å². The van der Waals surface area contributed by atoms with Gasteiger partial charge in [0.1, 0.15) is 0 Å². The van der Waals surface area contributed by atoms with Crippen molar-refractivity contribution >= 4 is 17.5 Å². The molecule has 7 nitrogen and oxygen atoms in total. The van der Waals surface area contributed by atoms with Crippen LogP contribution in [-0.2, 0) is 16.6 Å². The zero-order valence-electron chi connectivity index (χ0n) is 16.2. The Kier molecular flexibility index (Phi) is 5.96. The van der Waals surface area contributed by atoms with Crippen LogP contribution in [0.4, 0.5) is 5.69 Å². The van der Waals surface area contributed by atoms with Gasteiger partial charge >= 0.3 is 0 Å². The van der Waals surface area contributed by atoms with E-state index in [1.165, 1.54) is 0 Å². The Balaban J connectivity index is 1.60. The van der Waals surface area contributed by atoms with E-state index in [-0.39, 0.29) is 23.8 Å². The molecule has 0 N–H and O–H groups in total. The Bertz CT molecular complexity index is 632. The highest BCUT2D eigenvalue weighted by molar-refractivity contribution is 5.97. The van der Waals surface area contributed by atoms with Crippen molar-refractivity contribution in [2.24, 2.45) is 13.0 Å². The molecule has 3 heterocycles. The summed E-state index contributed by atoms with van der Waals surface area (Å²) in [7, 11) is 1.87. The summed E-state index contributed by atoms with van der Waals surface area (Å²) in [6.45, 7) is 7.94. The van der Waals surface area contributed by atoms with Crippen molar-refractivity contribution in [2.45, 2.75) is 45.6 Å². The fraction of sp³-hybridized carbons (Fsp3) is 0.737. The van der Waals surface area contributed by atoms with E-state index in [0.29, 0.717) is 0 Å². The second-order valence-corrected chi connectivity index (χ2v) is 7.39. The number of piperidine rings is 1. The second-order valence-electron chi connectivity index (χ2n) is 7.39. The molecule has 7 heteroatoms. The van der Waals surface area contributed by atoms with Crippen LogP contribution < -0.4 is 4.90 Å². The van der Waals surface area contributed by atoms with Crippen LogP contribution in [0.25, 0.3) is 0 Å². The molecule has 2 aliphatic rings. The molecule has 26 heavy (non-hydrogen) atoms. The van der Waals surface area contributed by atoms with Crippen molar-refractivity contribution in [1.82, 2.24) is 19.6 Å². The SMILES string of the molecule is CCC(CC)C(=O)N1CCN([C@H]2CCCN(c3cnn(C)c3)C2=O)CC1. The molecule has 2 saturated heterocycles. The Morgan fingerprint density at radius 1 is 1.19 bits per heavy atom. The van der Waals surface area contributed by atoms with Crippen LogP contribution in [0.2, 0.25) is 0 Å². The highest BCUT2D eigenvalue weighted by atomic mass is 16.2. The molecule has 1 aromatic rings. The largest absolute Gasteiger partial charge is 0.340 e.